The van der Waals surface area contributed by atoms with E-state index in [1.54, 1.807) is 13.0 Å². The SMILES string of the molecule is CCc1noc(C)c1C(=O)N[C@@H]1CCCc2[nH]c(=O)ccc21. The van der Waals surface area contributed by atoms with Crippen molar-refractivity contribution in [3.8, 4) is 0 Å². The van der Waals surface area contributed by atoms with Crippen LogP contribution in [0.4, 0.5) is 0 Å². The summed E-state index contributed by atoms with van der Waals surface area (Å²) in [6.07, 6.45) is 3.27. The van der Waals surface area contributed by atoms with Gasteiger partial charge in [-0.25, -0.2) is 0 Å². The van der Waals surface area contributed by atoms with Crippen molar-refractivity contribution in [2.75, 3.05) is 0 Å². The Hall–Kier alpha value is -2.37. The van der Waals surface area contributed by atoms with Crippen LogP contribution in [-0.4, -0.2) is 16.0 Å². The molecule has 1 atom stereocenters. The monoisotopic (exact) mass is 301 g/mol. The first-order valence-corrected chi connectivity index (χ1v) is 7.58. The number of H-pyrrole nitrogens is 1. The summed E-state index contributed by atoms with van der Waals surface area (Å²) in [6, 6.07) is 3.22. The first-order valence-electron chi connectivity index (χ1n) is 7.58. The predicted molar refractivity (Wildman–Crippen MR) is 80.8 cm³/mol. The molecule has 0 fully saturated rings. The number of hydrogen-bond donors (Lipinski definition) is 2. The Kier molecular flexibility index (Phi) is 3.83. The van der Waals surface area contributed by atoms with Gasteiger partial charge in [0.15, 0.2) is 0 Å². The van der Waals surface area contributed by atoms with E-state index < -0.39 is 0 Å². The van der Waals surface area contributed by atoms with Crippen LogP contribution in [0.25, 0.3) is 0 Å². The maximum Gasteiger partial charge on any atom is 0.257 e. The number of rotatable bonds is 3. The largest absolute Gasteiger partial charge is 0.361 e. The van der Waals surface area contributed by atoms with Crippen molar-refractivity contribution in [3.05, 3.63) is 50.8 Å². The molecule has 3 rings (SSSR count). The first-order chi connectivity index (χ1) is 10.6. The Morgan fingerprint density at radius 1 is 1.50 bits per heavy atom. The van der Waals surface area contributed by atoms with Gasteiger partial charge in [-0.1, -0.05) is 12.1 Å². The van der Waals surface area contributed by atoms with Gasteiger partial charge in [-0.3, -0.25) is 9.59 Å². The third-order valence-corrected chi connectivity index (χ3v) is 4.13. The van der Waals surface area contributed by atoms with E-state index >= 15 is 0 Å². The van der Waals surface area contributed by atoms with E-state index in [-0.39, 0.29) is 17.5 Å². The summed E-state index contributed by atoms with van der Waals surface area (Å²) in [5.74, 6) is 0.367. The molecule has 0 unspecified atom stereocenters. The Morgan fingerprint density at radius 3 is 3.09 bits per heavy atom. The average Bonchev–Trinajstić information content (AvgIpc) is 2.88. The summed E-state index contributed by atoms with van der Waals surface area (Å²) >= 11 is 0. The fourth-order valence-electron chi connectivity index (χ4n) is 3.03. The summed E-state index contributed by atoms with van der Waals surface area (Å²) in [4.78, 5) is 26.9. The van der Waals surface area contributed by atoms with Crippen LogP contribution in [0.15, 0.2) is 21.5 Å². The van der Waals surface area contributed by atoms with Crippen LogP contribution in [-0.2, 0) is 12.8 Å². The molecule has 6 nitrogen and oxygen atoms in total. The lowest BCUT2D eigenvalue weighted by atomic mass is 9.91. The molecule has 1 aliphatic rings. The van der Waals surface area contributed by atoms with Crippen LogP contribution in [0.3, 0.4) is 0 Å². The van der Waals surface area contributed by atoms with Crippen molar-refractivity contribution in [2.45, 2.75) is 45.6 Å². The van der Waals surface area contributed by atoms with Gasteiger partial charge in [-0.15, -0.1) is 0 Å². The topological polar surface area (TPSA) is 88.0 Å². The van der Waals surface area contributed by atoms with Crippen LogP contribution in [0.1, 0.15) is 58.9 Å². The molecule has 2 aromatic rings. The normalized spacial score (nSPS) is 17.1. The Morgan fingerprint density at radius 2 is 2.32 bits per heavy atom. The third-order valence-electron chi connectivity index (χ3n) is 4.13. The first kappa shape index (κ1) is 14.6. The van der Waals surface area contributed by atoms with E-state index in [4.69, 9.17) is 4.52 Å². The van der Waals surface area contributed by atoms with Gasteiger partial charge >= 0.3 is 0 Å². The number of hydrogen-bond acceptors (Lipinski definition) is 4. The quantitative estimate of drug-likeness (QED) is 0.908. The van der Waals surface area contributed by atoms with E-state index in [0.29, 0.717) is 23.4 Å². The summed E-state index contributed by atoms with van der Waals surface area (Å²) in [7, 11) is 0. The summed E-state index contributed by atoms with van der Waals surface area (Å²) < 4.78 is 5.12. The van der Waals surface area contributed by atoms with Gasteiger partial charge in [0, 0.05) is 11.8 Å². The van der Waals surface area contributed by atoms with E-state index in [0.717, 1.165) is 30.5 Å². The van der Waals surface area contributed by atoms with E-state index in [1.807, 2.05) is 6.92 Å². The van der Waals surface area contributed by atoms with Crippen molar-refractivity contribution in [3.63, 3.8) is 0 Å². The highest BCUT2D eigenvalue weighted by Crippen LogP contribution is 2.28. The molecule has 116 valence electrons. The number of aromatic amines is 1. The molecule has 2 aromatic heterocycles. The molecule has 1 aliphatic carbocycles. The lowest BCUT2D eigenvalue weighted by Gasteiger charge is -2.25. The number of carbonyl (C=O) groups excluding carboxylic acids is 1. The van der Waals surface area contributed by atoms with Crippen molar-refractivity contribution in [2.24, 2.45) is 0 Å². The Bertz CT molecular complexity index is 760. The number of carbonyl (C=O) groups is 1. The molecule has 0 spiro atoms. The molecule has 0 bridgehead atoms. The molecule has 0 saturated heterocycles. The molecule has 1 amide bonds. The van der Waals surface area contributed by atoms with Crippen LogP contribution in [0.5, 0.6) is 0 Å². The van der Waals surface area contributed by atoms with Gasteiger partial charge in [-0.2, -0.15) is 0 Å². The summed E-state index contributed by atoms with van der Waals surface area (Å²) in [5.41, 5.74) is 3.01. The maximum atomic E-state index is 12.6. The van der Waals surface area contributed by atoms with E-state index in [9.17, 15) is 9.59 Å². The molecule has 6 heteroatoms. The minimum Gasteiger partial charge on any atom is -0.361 e. The molecular formula is C16H19N3O3. The lowest BCUT2D eigenvalue weighted by Crippen LogP contribution is -2.32. The van der Waals surface area contributed by atoms with E-state index in [2.05, 4.69) is 15.5 Å². The second-order valence-corrected chi connectivity index (χ2v) is 5.59. The van der Waals surface area contributed by atoms with Crippen LogP contribution >= 0.6 is 0 Å². The number of fused-ring (bicyclic) bond motifs is 1. The average molecular weight is 301 g/mol. The van der Waals surface area contributed by atoms with Crippen LogP contribution < -0.4 is 10.9 Å². The molecule has 22 heavy (non-hydrogen) atoms. The van der Waals surface area contributed by atoms with Gasteiger partial charge in [-0.05, 0) is 44.2 Å². The molecule has 0 saturated carbocycles. The van der Waals surface area contributed by atoms with Crippen molar-refractivity contribution in [1.29, 1.82) is 0 Å². The zero-order valence-electron chi connectivity index (χ0n) is 12.7. The van der Waals surface area contributed by atoms with Crippen LogP contribution in [0.2, 0.25) is 0 Å². The molecule has 0 radical (unpaired) electrons. The van der Waals surface area contributed by atoms with Crippen molar-refractivity contribution in [1.82, 2.24) is 15.5 Å². The molecular weight excluding hydrogens is 282 g/mol. The van der Waals surface area contributed by atoms with Gasteiger partial charge in [0.05, 0.1) is 11.7 Å². The fraction of sp³-hybridized carbons (Fsp3) is 0.438. The standard InChI is InChI=1S/C16H19N3O3/c1-3-11-15(9(2)22-19-11)16(21)18-13-6-4-5-12-10(13)7-8-14(20)17-12/h7-8,13H,3-6H2,1-2H3,(H,17,20)(H,18,21)/t13-/m1/s1. The third kappa shape index (κ3) is 2.56. The minimum atomic E-state index is -0.167. The highest BCUT2D eigenvalue weighted by molar-refractivity contribution is 5.96. The highest BCUT2D eigenvalue weighted by atomic mass is 16.5. The Balaban J connectivity index is 1.87. The molecule has 2 N–H and O–H groups in total. The number of pyridine rings is 1. The van der Waals surface area contributed by atoms with Gasteiger partial charge < -0.3 is 14.8 Å². The molecule has 2 heterocycles. The summed E-state index contributed by atoms with van der Waals surface area (Å²) in [5, 5.41) is 6.97. The number of aromatic nitrogens is 2. The second kappa shape index (κ2) is 5.79. The van der Waals surface area contributed by atoms with E-state index in [1.165, 1.54) is 6.07 Å². The number of aryl methyl sites for hydroxylation is 3. The maximum absolute atomic E-state index is 12.6. The number of amides is 1. The zero-order valence-corrected chi connectivity index (χ0v) is 12.7. The zero-order chi connectivity index (χ0) is 15.7. The van der Waals surface area contributed by atoms with Gasteiger partial charge in [0.25, 0.3) is 5.91 Å². The van der Waals surface area contributed by atoms with Crippen molar-refractivity contribution >= 4 is 5.91 Å². The molecule has 0 aromatic carbocycles. The minimum absolute atomic E-state index is 0.0906. The molecule has 0 aliphatic heterocycles. The smallest absolute Gasteiger partial charge is 0.257 e. The lowest BCUT2D eigenvalue weighted by molar-refractivity contribution is 0.0930. The summed E-state index contributed by atoms with van der Waals surface area (Å²) in [6.45, 7) is 3.68. The highest BCUT2D eigenvalue weighted by Gasteiger charge is 2.26. The van der Waals surface area contributed by atoms with Gasteiger partial charge in [0.1, 0.15) is 11.3 Å². The number of nitrogens with one attached hydrogen (secondary N) is 2. The van der Waals surface area contributed by atoms with Crippen LogP contribution in [0, 0.1) is 6.92 Å². The second-order valence-electron chi connectivity index (χ2n) is 5.59. The number of nitrogens with zero attached hydrogens (tertiary/aromatic N) is 1. The van der Waals surface area contributed by atoms with Gasteiger partial charge in [0.2, 0.25) is 5.56 Å². The predicted octanol–water partition coefficient (Wildman–Crippen LogP) is 2.04. The fourth-order valence-corrected chi connectivity index (χ4v) is 3.03. The Labute approximate surface area is 127 Å². The van der Waals surface area contributed by atoms with Crippen molar-refractivity contribution < 1.29 is 9.32 Å².